The maximum absolute atomic E-state index is 12.3. The van der Waals surface area contributed by atoms with Crippen molar-refractivity contribution in [3.05, 3.63) is 106 Å². The summed E-state index contributed by atoms with van der Waals surface area (Å²) >= 11 is 4.63. The Kier molecular flexibility index (Phi) is 21.4. The minimum Gasteiger partial charge on any atom is -0.444 e. The number of pyridine rings is 3. The number of fused-ring (bicyclic) bond motifs is 3. The molecule has 0 saturated carbocycles. The number of benzene rings is 1. The summed E-state index contributed by atoms with van der Waals surface area (Å²) in [5.74, 6) is 0.249. The van der Waals surface area contributed by atoms with Gasteiger partial charge < -0.3 is 64.3 Å². The van der Waals surface area contributed by atoms with Gasteiger partial charge in [0.05, 0.1) is 25.7 Å². The van der Waals surface area contributed by atoms with E-state index in [0.29, 0.717) is 49.9 Å². The summed E-state index contributed by atoms with van der Waals surface area (Å²) in [6.07, 6.45) is 4.96. The quantitative estimate of drug-likeness (QED) is 0.0477. The summed E-state index contributed by atoms with van der Waals surface area (Å²) < 4.78 is 13.3. The fourth-order valence-electron chi connectivity index (χ4n) is 6.94. The fraction of sp³-hybridized carbons (Fsp3) is 0.377. The SMILES string of the molecule is C[C@H](NC(=O)OC(C)(C)C)C(=O)NCc1cc2c(N)nccc2s1.C[C@H](NC(=O)OC(C)(C)C)C(=O)NCc1cc2c(N)nccc2s1.C[C@H](NC(=O)[C@H](N)CCc1ccccc1)C(=O)NCc1cc2c(N)nccc2s1. The Labute approximate surface area is 459 Å². The molecule has 412 valence electrons. The smallest absolute Gasteiger partial charge is 0.408 e. The number of aryl methyl sites for hydroxylation is 1. The molecule has 24 heteroatoms. The number of rotatable bonds is 16. The van der Waals surface area contributed by atoms with E-state index in [0.717, 1.165) is 50.5 Å². The number of ether oxygens (including phenoxy) is 2. The third kappa shape index (κ3) is 19.4. The van der Waals surface area contributed by atoms with Gasteiger partial charge in [-0.1, -0.05) is 30.3 Å². The molecule has 0 fully saturated rings. The predicted octanol–water partition coefficient (Wildman–Crippen LogP) is 6.78. The third-order valence-corrected chi connectivity index (χ3v) is 14.1. The molecule has 14 N–H and O–H groups in total. The fourth-order valence-corrected chi connectivity index (χ4v) is 9.95. The van der Waals surface area contributed by atoms with E-state index in [2.05, 4.69) is 46.9 Å². The number of nitrogen functional groups attached to an aromatic ring is 3. The summed E-state index contributed by atoms with van der Waals surface area (Å²) in [6, 6.07) is 18.5. The van der Waals surface area contributed by atoms with Crippen LogP contribution in [0.25, 0.3) is 30.3 Å². The molecular formula is C53H69N13O8S3. The number of hydrogen-bond donors (Lipinski definition) is 10. The number of anilines is 3. The normalized spacial score (nSPS) is 12.8. The van der Waals surface area contributed by atoms with E-state index in [1.807, 2.05) is 66.7 Å². The molecular weight excluding hydrogens is 1040 g/mol. The molecule has 0 spiro atoms. The van der Waals surface area contributed by atoms with Crippen molar-refractivity contribution in [1.29, 1.82) is 0 Å². The van der Waals surface area contributed by atoms with Gasteiger partial charge in [0.25, 0.3) is 0 Å². The van der Waals surface area contributed by atoms with E-state index in [9.17, 15) is 28.8 Å². The molecule has 6 heterocycles. The number of aromatic nitrogens is 3. The van der Waals surface area contributed by atoms with Gasteiger partial charge in [-0.15, -0.1) is 34.0 Å². The zero-order valence-corrected chi connectivity index (χ0v) is 47.0. The Hall–Kier alpha value is -7.67. The van der Waals surface area contributed by atoms with Gasteiger partial charge in [-0.05, 0) is 117 Å². The largest absolute Gasteiger partial charge is 0.444 e. The Morgan fingerprint density at radius 3 is 1.18 bits per heavy atom. The molecule has 7 aromatic rings. The first-order chi connectivity index (χ1) is 36.2. The number of thiophene rings is 3. The highest BCUT2D eigenvalue weighted by molar-refractivity contribution is 7.19. The minimum atomic E-state index is -0.694. The predicted molar refractivity (Wildman–Crippen MR) is 306 cm³/mol. The molecule has 77 heavy (non-hydrogen) atoms. The Morgan fingerprint density at radius 2 is 0.857 bits per heavy atom. The molecule has 0 saturated heterocycles. The van der Waals surface area contributed by atoms with Crippen LogP contribution in [0.4, 0.5) is 27.0 Å². The Morgan fingerprint density at radius 1 is 0.519 bits per heavy atom. The Bertz CT molecular complexity index is 3020. The molecule has 0 aliphatic heterocycles. The van der Waals surface area contributed by atoms with Crippen molar-refractivity contribution >= 4 is 118 Å². The average Bonchev–Trinajstić information content (AvgIpc) is 4.12. The van der Waals surface area contributed by atoms with Gasteiger partial charge in [0.15, 0.2) is 0 Å². The second-order valence-corrected chi connectivity index (χ2v) is 23.2. The summed E-state index contributed by atoms with van der Waals surface area (Å²) in [5, 5.41) is 18.8. The van der Waals surface area contributed by atoms with Gasteiger partial charge in [-0.25, -0.2) is 24.5 Å². The first-order valence-corrected chi connectivity index (χ1v) is 27.0. The van der Waals surface area contributed by atoms with E-state index < -0.39 is 47.6 Å². The van der Waals surface area contributed by atoms with Crippen molar-refractivity contribution in [1.82, 2.24) is 46.9 Å². The van der Waals surface area contributed by atoms with Crippen LogP contribution in [0, 0.1) is 0 Å². The number of alkyl carbamates (subject to hydrolysis) is 2. The summed E-state index contributed by atoms with van der Waals surface area (Å²) in [7, 11) is 0. The van der Waals surface area contributed by atoms with Crippen molar-refractivity contribution in [2.45, 2.75) is 130 Å². The van der Waals surface area contributed by atoms with Crippen molar-refractivity contribution in [3.8, 4) is 0 Å². The van der Waals surface area contributed by atoms with Gasteiger partial charge in [0, 0.05) is 63.5 Å². The molecule has 21 nitrogen and oxygen atoms in total. The second kappa shape index (κ2) is 27.4. The standard InChI is InChI=1S/C21H25N5O2S.2C16H22N4O3S/c1-13(26-21(28)17(22)8-7-14-5-3-2-4-6-14)20(27)25-12-15-11-16-18(29-15)9-10-24-19(16)23;2*1-9(20-15(22)23-16(2,3)4)14(21)19-8-10-7-11-12(24-10)5-6-18-13(11)17/h2-6,9-11,13,17H,7-8,12,22H2,1H3,(H2,23,24)(H,25,27)(H,26,28);2*5-7,9H,8H2,1-4H3,(H2,17,18)(H,19,21)(H,20,22)/t13-,17+;2*9-/m000/s1. The van der Waals surface area contributed by atoms with Crippen molar-refractivity contribution in [2.24, 2.45) is 5.73 Å². The van der Waals surface area contributed by atoms with Crippen LogP contribution in [0.3, 0.4) is 0 Å². The first-order valence-electron chi connectivity index (χ1n) is 24.6. The van der Waals surface area contributed by atoms with E-state index >= 15 is 0 Å². The van der Waals surface area contributed by atoms with Gasteiger partial charge in [0.2, 0.25) is 23.6 Å². The number of amides is 6. The molecule has 0 unspecified atom stereocenters. The van der Waals surface area contributed by atoms with Gasteiger partial charge in [0.1, 0.15) is 46.8 Å². The lowest BCUT2D eigenvalue weighted by atomic mass is 10.1. The summed E-state index contributed by atoms with van der Waals surface area (Å²) in [6.45, 7) is 16.5. The van der Waals surface area contributed by atoms with Crippen LogP contribution in [0.2, 0.25) is 0 Å². The molecule has 1 aromatic carbocycles. The maximum atomic E-state index is 12.3. The van der Waals surface area contributed by atoms with Crippen molar-refractivity contribution < 1.29 is 38.2 Å². The first kappa shape index (κ1) is 60.2. The number of carbonyl (C=O) groups is 6. The van der Waals surface area contributed by atoms with E-state index in [-0.39, 0.29) is 23.6 Å². The number of nitrogens with one attached hydrogen (secondary N) is 6. The molecule has 0 aliphatic rings. The van der Waals surface area contributed by atoms with Gasteiger partial charge >= 0.3 is 12.2 Å². The van der Waals surface area contributed by atoms with Crippen LogP contribution < -0.4 is 54.8 Å². The number of carbonyl (C=O) groups excluding carboxylic acids is 6. The molecule has 6 amide bonds. The number of nitrogens with two attached hydrogens (primary N) is 4. The van der Waals surface area contributed by atoms with Crippen LogP contribution in [0.5, 0.6) is 0 Å². The van der Waals surface area contributed by atoms with Crippen molar-refractivity contribution in [3.63, 3.8) is 0 Å². The van der Waals surface area contributed by atoms with E-state index in [1.165, 1.54) is 0 Å². The molecule has 0 aliphatic carbocycles. The molecule has 0 bridgehead atoms. The lowest BCUT2D eigenvalue weighted by molar-refractivity contribution is -0.129. The lowest BCUT2D eigenvalue weighted by Gasteiger charge is -2.21. The monoisotopic (exact) mass is 1110 g/mol. The molecule has 7 rings (SSSR count). The highest BCUT2D eigenvalue weighted by Crippen LogP contribution is 2.30. The number of nitrogens with zero attached hydrogens (tertiary/aromatic N) is 3. The minimum absolute atomic E-state index is 0.267. The van der Waals surface area contributed by atoms with Gasteiger partial charge in [-0.3, -0.25) is 19.2 Å². The van der Waals surface area contributed by atoms with Crippen molar-refractivity contribution in [2.75, 3.05) is 17.2 Å². The lowest BCUT2D eigenvalue weighted by Crippen LogP contribution is -2.50. The Balaban J connectivity index is 0.000000215. The molecule has 0 radical (unpaired) electrons. The molecule has 4 atom stereocenters. The van der Waals surface area contributed by atoms with Crippen LogP contribution in [-0.4, -0.2) is 86.1 Å². The van der Waals surface area contributed by atoms with Crippen LogP contribution in [0.15, 0.2) is 85.3 Å². The van der Waals surface area contributed by atoms with E-state index in [4.69, 9.17) is 32.4 Å². The number of hydrogen-bond acceptors (Lipinski definition) is 18. The highest BCUT2D eigenvalue weighted by atomic mass is 32.1. The maximum Gasteiger partial charge on any atom is 0.408 e. The molecule has 6 aromatic heterocycles. The van der Waals surface area contributed by atoms with Crippen LogP contribution >= 0.6 is 34.0 Å². The van der Waals surface area contributed by atoms with E-state index in [1.54, 1.807) is 115 Å². The zero-order chi connectivity index (χ0) is 56.6. The summed E-state index contributed by atoms with van der Waals surface area (Å²) in [4.78, 5) is 87.2. The highest BCUT2D eigenvalue weighted by Gasteiger charge is 2.24. The third-order valence-electron chi connectivity index (χ3n) is 10.8. The van der Waals surface area contributed by atoms with Crippen LogP contribution in [0.1, 0.15) is 88.9 Å². The average molecular weight is 1110 g/mol. The second-order valence-electron chi connectivity index (χ2n) is 19.7. The van der Waals surface area contributed by atoms with Crippen LogP contribution in [-0.2, 0) is 54.7 Å². The van der Waals surface area contributed by atoms with Gasteiger partial charge in [-0.2, -0.15) is 0 Å². The zero-order valence-electron chi connectivity index (χ0n) is 44.6. The topological polar surface area (TPSA) is 336 Å². The summed E-state index contributed by atoms with van der Waals surface area (Å²) in [5.41, 5.74) is 23.4.